The zero-order chi connectivity index (χ0) is 15.8. The molecule has 0 atom stereocenters. The van der Waals surface area contributed by atoms with Crippen LogP contribution >= 0.6 is 0 Å². The van der Waals surface area contributed by atoms with Gasteiger partial charge in [-0.1, -0.05) is 38.1 Å². The first-order chi connectivity index (χ1) is 10.7. The van der Waals surface area contributed by atoms with E-state index < -0.39 is 0 Å². The van der Waals surface area contributed by atoms with Gasteiger partial charge in [-0.2, -0.15) is 0 Å². The average Bonchev–Trinajstić information content (AvgIpc) is 2.55. The van der Waals surface area contributed by atoms with E-state index in [1.165, 1.54) is 11.1 Å². The van der Waals surface area contributed by atoms with Gasteiger partial charge in [-0.15, -0.1) is 0 Å². The van der Waals surface area contributed by atoms with E-state index >= 15 is 0 Å². The lowest BCUT2D eigenvalue weighted by atomic mass is 10.1. The molecule has 1 fully saturated rings. The fourth-order valence-electron chi connectivity index (χ4n) is 2.77. The van der Waals surface area contributed by atoms with Gasteiger partial charge in [0.25, 0.3) is 0 Å². The minimum atomic E-state index is 0.158. The van der Waals surface area contributed by atoms with Gasteiger partial charge in [-0.25, -0.2) is 0 Å². The Morgan fingerprint density at radius 2 is 1.59 bits per heavy atom. The van der Waals surface area contributed by atoms with E-state index in [-0.39, 0.29) is 5.91 Å². The zero-order valence-corrected chi connectivity index (χ0v) is 14.0. The molecule has 1 aromatic rings. The van der Waals surface area contributed by atoms with E-state index in [4.69, 9.17) is 0 Å². The Bertz CT molecular complexity index is 450. The molecule has 0 aliphatic carbocycles. The molecule has 2 rings (SSSR count). The van der Waals surface area contributed by atoms with Crippen molar-refractivity contribution in [2.75, 3.05) is 39.3 Å². The molecular weight excluding hydrogens is 274 g/mol. The molecule has 1 heterocycles. The Balaban J connectivity index is 1.71. The number of hydrogen-bond acceptors (Lipinski definition) is 3. The van der Waals surface area contributed by atoms with Crippen molar-refractivity contribution in [1.82, 2.24) is 15.1 Å². The van der Waals surface area contributed by atoms with Crippen LogP contribution in [-0.2, 0) is 17.8 Å². The number of nitrogens with zero attached hydrogens (tertiary/aromatic N) is 2. The Morgan fingerprint density at radius 3 is 2.18 bits per heavy atom. The van der Waals surface area contributed by atoms with Gasteiger partial charge in [0, 0.05) is 39.3 Å². The standard InChI is InChI=1S/C18H29N3O/c1-3-9-19-18(22)15-21-12-10-20(11-13-21)14-17-7-5-16(4-2)6-8-17/h5-8H,3-4,9-15H2,1-2H3,(H,19,22). The highest BCUT2D eigenvalue weighted by Gasteiger charge is 2.18. The highest BCUT2D eigenvalue weighted by atomic mass is 16.2. The minimum Gasteiger partial charge on any atom is -0.355 e. The van der Waals surface area contributed by atoms with Gasteiger partial charge in [-0.3, -0.25) is 14.6 Å². The number of nitrogens with one attached hydrogen (secondary N) is 1. The fourth-order valence-corrected chi connectivity index (χ4v) is 2.77. The molecule has 1 aromatic carbocycles. The van der Waals surface area contributed by atoms with Crippen molar-refractivity contribution in [3.63, 3.8) is 0 Å². The Morgan fingerprint density at radius 1 is 1.00 bits per heavy atom. The van der Waals surface area contributed by atoms with E-state index in [2.05, 4.69) is 53.2 Å². The van der Waals surface area contributed by atoms with Crippen molar-refractivity contribution < 1.29 is 4.79 Å². The molecule has 0 aromatic heterocycles. The van der Waals surface area contributed by atoms with E-state index in [9.17, 15) is 4.79 Å². The lowest BCUT2D eigenvalue weighted by molar-refractivity contribution is -0.122. The molecule has 0 radical (unpaired) electrons. The average molecular weight is 303 g/mol. The largest absolute Gasteiger partial charge is 0.355 e. The Labute approximate surface area is 134 Å². The Hall–Kier alpha value is -1.39. The molecular formula is C18H29N3O. The highest BCUT2D eigenvalue weighted by Crippen LogP contribution is 2.10. The maximum Gasteiger partial charge on any atom is 0.234 e. The quantitative estimate of drug-likeness (QED) is 0.835. The predicted octanol–water partition coefficient (Wildman–Crippen LogP) is 1.89. The van der Waals surface area contributed by atoms with Crippen LogP contribution in [0.1, 0.15) is 31.4 Å². The molecule has 1 aliphatic heterocycles. The zero-order valence-electron chi connectivity index (χ0n) is 14.0. The van der Waals surface area contributed by atoms with Gasteiger partial charge in [-0.05, 0) is 24.0 Å². The van der Waals surface area contributed by atoms with Crippen LogP contribution in [0.25, 0.3) is 0 Å². The lowest BCUT2D eigenvalue weighted by Gasteiger charge is -2.34. The van der Waals surface area contributed by atoms with Crippen LogP contribution in [-0.4, -0.2) is 55.0 Å². The van der Waals surface area contributed by atoms with Gasteiger partial charge in [0.15, 0.2) is 0 Å². The monoisotopic (exact) mass is 303 g/mol. The third-order valence-corrected chi connectivity index (χ3v) is 4.24. The first kappa shape index (κ1) is 17.0. The molecule has 22 heavy (non-hydrogen) atoms. The van der Waals surface area contributed by atoms with Crippen LogP contribution in [0.2, 0.25) is 0 Å². The van der Waals surface area contributed by atoms with Crippen molar-refractivity contribution in [2.45, 2.75) is 33.2 Å². The molecule has 1 N–H and O–H groups in total. The molecule has 0 bridgehead atoms. The molecule has 1 saturated heterocycles. The van der Waals surface area contributed by atoms with E-state index in [1.54, 1.807) is 0 Å². The van der Waals surface area contributed by atoms with Crippen molar-refractivity contribution in [3.05, 3.63) is 35.4 Å². The van der Waals surface area contributed by atoms with Crippen LogP contribution in [0, 0.1) is 0 Å². The maximum atomic E-state index is 11.7. The van der Waals surface area contributed by atoms with Crippen molar-refractivity contribution in [1.29, 1.82) is 0 Å². The van der Waals surface area contributed by atoms with Crippen molar-refractivity contribution in [3.8, 4) is 0 Å². The fraction of sp³-hybridized carbons (Fsp3) is 0.611. The van der Waals surface area contributed by atoms with Crippen LogP contribution in [0.15, 0.2) is 24.3 Å². The number of carbonyl (C=O) groups excluding carboxylic acids is 1. The Kier molecular flexibility index (Phi) is 6.87. The number of carbonyl (C=O) groups is 1. The first-order valence-corrected chi connectivity index (χ1v) is 8.50. The van der Waals surface area contributed by atoms with Crippen LogP contribution in [0.5, 0.6) is 0 Å². The number of hydrogen-bond donors (Lipinski definition) is 1. The minimum absolute atomic E-state index is 0.158. The van der Waals surface area contributed by atoms with E-state index in [0.717, 1.165) is 52.1 Å². The molecule has 1 aliphatic rings. The van der Waals surface area contributed by atoms with E-state index in [1.807, 2.05) is 0 Å². The van der Waals surface area contributed by atoms with Crippen molar-refractivity contribution in [2.24, 2.45) is 0 Å². The maximum absolute atomic E-state index is 11.7. The summed E-state index contributed by atoms with van der Waals surface area (Å²) in [4.78, 5) is 16.5. The summed E-state index contributed by atoms with van der Waals surface area (Å²) in [6.45, 7) is 10.6. The third-order valence-electron chi connectivity index (χ3n) is 4.24. The van der Waals surface area contributed by atoms with Gasteiger partial charge < -0.3 is 5.32 Å². The lowest BCUT2D eigenvalue weighted by Crippen LogP contribution is -2.49. The molecule has 1 amide bonds. The van der Waals surface area contributed by atoms with E-state index in [0.29, 0.717) is 6.54 Å². The summed E-state index contributed by atoms with van der Waals surface area (Å²) < 4.78 is 0. The SMILES string of the molecule is CCCNC(=O)CN1CCN(Cc2ccc(CC)cc2)CC1. The first-order valence-electron chi connectivity index (χ1n) is 8.50. The summed E-state index contributed by atoms with van der Waals surface area (Å²) in [7, 11) is 0. The predicted molar refractivity (Wildman–Crippen MR) is 90.8 cm³/mol. The number of aryl methyl sites for hydroxylation is 1. The summed E-state index contributed by atoms with van der Waals surface area (Å²) in [6, 6.07) is 8.93. The number of rotatable bonds is 7. The number of piperazine rings is 1. The van der Waals surface area contributed by atoms with Crippen LogP contribution < -0.4 is 5.32 Å². The normalized spacial score (nSPS) is 16.6. The summed E-state index contributed by atoms with van der Waals surface area (Å²) in [5.41, 5.74) is 2.78. The number of benzene rings is 1. The third kappa shape index (κ3) is 5.43. The molecule has 0 saturated carbocycles. The van der Waals surface area contributed by atoms with Gasteiger partial charge in [0.1, 0.15) is 0 Å². The molecule has 4 nitrogen and oxygen atoms in total. The second-order valence-corrected chi connectivity index (χ2v) is 6.07. The molecule has 0 unspecified atom stereocenters. The van der Waals surface area contributed by atoms with Crippen LogP contribution in [0.3, 0.4) is 0 Å². The number of amides is 1. The van der Waals surface area contributed by atoms with Crippen LogP contribution in [0.4, 0.5) is 0 Å². The summed E-state index contributed by atoms with van der Waals surface area (Å²) in [5, 5.41) is 2.95. The second-order valence-electron chi connectivity index (χ2n) is 6.07. The van der Waals surface area contributed by atoms with Gasteiger partial charge in [0.05, 0.1) is 6.54 Å². The molecule has 122 valence electrons. The van der Waals surface area contributed by atoms with Gasteiger partial charge >= 0.3 is 0 Å². The smallest absolute Gasteiger partial charge is 0.234 e. The topological polar surface area (TPSA) is 35.6 Å². The molecule has 0 spiro atoms. The molecule has 4 heteroatoms. The summed E-state index contributed by atoms with van der Waals surface area (Å²) in [6.07, 6.45) is 2.09. The highest BCUT2D eigenvalue weighted by molar-refractivity contribution is 5.77. The van der Waals surface area contributed by atoms with Crippen molar-refractivity contribution >= 4 is 5.91 Å². The summed E-state index contributed by atoms with van der Waals surface area (Å²) >= 11 is 0. The second kappa shape index (κ2) is 8.91. The van der Waals surface area contributed by atoms with Gasteiger partial charge in [0.2, 0.25) is 5.91 Å². The summed E-state index contributed by atoms with van der Waals surface area (Å²) in [5.74, 6) is 0.158.